The van der Waals surface area contributed by atoms with Crippen LogP contribution in [0.2, 0.25) is 0 Å². The normalized spacial score (nSPS) is 11.1. The van der Waals surface area contributed by atoms with Gasteiger partial charge in [-0.2, -0.15) is 16.4 Å². The molecule has 0 aliphatic heterocycles. The molecule has 2 aromatic heterocycles. The Bertz CT molecular complexity index is 500. The van der Waals surface area contributed by atoms with E-state index < -0.39 is 0 Å². The maximum Gasteiger partial charge on any atom is 0.0641 e. The Labute approximate surface area is 119 Å². The SMILES string of the molecule is CCCNCc1c(C)nn(CCc2ccsc2)c1C. The van der Waals surface area contributed by atoms with Crippen molar-refractivity contribution in [3.63, 3.8) is 0 Å². The van der Waals surface area contributed by atoms with Gasteiger partial charge < -0.3 is 5.32 Å². The summed E-state index contributed by atoms with van der Waals surface area (Å²) in [6, 6.07) is 2.19. The molecule has 0 saturated heterocycles. The lowest BCUT2D eigenvalue weighted by Gasteiger charge is -2.06. The van der Waals surface area contributed by atoms with Crippen LogP contribution in [0.1, 0.15) is 35.9 Å². The second-order valence-corrected chi connectivity index (χ2v) is 5.71. The molecule has 0 spiro atoms. The largest absolute Gasteiger partial charge is 0.313 e. The fourth-order valence-corrected chi connectivity index (χ4v) is 2.97. The molecule has 0 fully saturated rings. The van der Waals surface area contributed by atoms with Crippen molar-refractivity contribution < 1.29 is 0 Å². The Morgan fingerprint density at radius 2 is 2.21 bits per heavy atom. The summed E-state index contributed by atoms with van der Waals surface area (Å²) in [6.45, 7) is 9.45. The van der Waals surface area contributed by atoms with E-state index in [1.165, 1.54) is 23.2 Å². The molecule has 0 bridgehead atoms. The van der Waals surface area contributed by atoms with Crippen LogP contribution in [-0.2, 0) is 19.5 Å². The quantitative estimate of drug-likeness (QED) is 0.787. The van der Waals surface area contributed by atoms with E-state index in [1.807, 2.05) is 0 Å². The molecule has 0 unspecified atom stereocenters. The molecule has 0 aliphatic carbocycles. The molecule has 2 rings (SSSR count). The highest BCUT2D eigenvalue weighted by Crippen LogP contribution is 2.14. The lowest BCUT2D eigenvalue weighted by Crippen LogP contribution is -2.15. The Morgan fingerprint density at radius 3 is 2.89 bits per heavy atom. The van der Waals surface area contributed by atoms with Crippen LogP contribution in [-0.4, -0.2) is 16.3 Å². The zero-order valence-corrected chi connectivity index (χ0v) is 12.9. The second kappa shape index (κ2) is 6.87. The van der Waals surface area contributed by atoms with E-state index in [0.29, 0.717) is 0 Å². The van der Waals surface area contributed by atoms with Gasteiger partial charge in [0.2, 0.25) is 0 Å². The van der Waals surface area contributed by atoms with Gasteiger partial charge in [-0.1, -0.05) is 6.92 Å². The standard InChI is InChI=1S/C15H23N3S/c1-4-7-16-10-15-12(2)17-18(13(15)3)8-5-14-6-9-19-11-14/h6,9,11,16H,4-5,7-8,10H2,1-3H3. The number of rotatable bonds is 7. The fraction of sp³-hybridized carbons (Fsp3) is 0.533. The number of thiophene rings is 1. The molecule has 0 radical (unpaired) electrons. The third-order valence-electron chi connectivity index (χ3n) is 3.45. The number of aromatic nitrogens is 2. The van der Waals surface area contributed by atoms with Gasteiger partial charge in [0, 0.05) is 24.3 Å². The third kappa shape index (κ3) is 3.67. The smallest absolute Gasteiger partial charge is 0.0641 e. The number of hydrogen-bond donors (Lipinski definition) is 1. The van der Waals surface area contributed by atoms with Crippen LogP contribution in [0.15, 0.2) is 16.8 Å². The first-order valence-electron chi connectivity index (χ1n) is 6.97. The maximum atomic E-state index is 4.67. The molecule has 2 aromatic rings. The van der Waals surface area contributed by atoms with E-state index in [2.05, 4.69) is 52.7 Å². The van der Waals surface area contributed by atoms with Gasteiger partial charge >= 0.3 is 0 Å². The fourth-order valence-electron chi connectivity index (χ4n) is 2.27. The zero-order chi connectivity index (χ0) is 13.7. The summed E-state index contributed by atoms with van der Waals surface area (Å²) in [5.41, 5.74) is 5.23. The molecule has 0 amide bonds. The molecule has 104 valence electrons. The lowest BCUT2D eigenvalue weighted by atomic mass is 10.2. The minimum absolute atomic E-state index is 0.934. The highest BCUT2D eigenvalue weighted by atomic mass is 32.1. The van der Waals surface area contributed by atoms with Crippen molar-refractivity contribution in [1.82, 2.24) is 15.1 Å². The van der Waals surface area contributed by atoms with Gasteiger partial charge in [0.05, 0.1) is 5.69 Å². The molecule has 19 heavy (non-hydrogen) atoms. The van der Waals surface area contributed by atoms with E-state index in [4.69, 9.17) is 0 Å². The van der Waals surface area contributed by atoms with Crippen molar-refractivity contribution in [2.75, 3.05) is 6.54 Å². The first-order valence-corrected chi connectivity index (χ1v) is 7.91. The van der Waals surface area contributed by atoms with E-state index in [1.54, 1.807) is 11.3 Å². The van der Waals surface area contributed by atoms with Crippen molar-refractivity contribution in [3.8, 4) is 0 Å². The lowest BCUT2D eigenvalue weighted by molar-refractivity contribution is 0.592. The molecule has 3 nitrogen and oxygen atoms in total. The monoisotopic (exact) mass is 277 g/mol. The highest BCUT2D eigenvalue weighted by Gasteiger charge is 2.10. The van der Waals surface area contributed by atoms with Crippen LogP contribution in [0.25, 0.3) is 0 Å². The Morgan fingerprint density at radius 1 is 1.37 bits per heavy atom. The molecular weight excluding hydrogens is 254 g/mol. The zero-order valence-electron chi connectivity index (χ0n) is 12.1. The topological polar surface area (TPSA) is 29.9 Å². The summed E-state index contributed by atoms with van der Waals surface area (Å²) in [5, 5.41) is 12.5. The molecule has 4 heteroatoms. The van der Waals surface area contributed by atoms with Gasteiger partial charge in [-0.15, -0.1) is 0 Å². The van der Waals surface area contributed by atoms with Crippen LogP contribution in [0.5, 0.6) is 0 Å². The number of nitrogens with zero attached hydrogens (tertiary/aromatic N) is 2. The summed E-state index contributed by atoms with van der Waals surface area (Å²) < 4.78 is 2.15. The first kappa shape index (κ1) is 14.3. The average molecular weight is 277 g/mol. The average Bonchev–Trinajstić information content (AvgIpc) is 2.99. The third-order valence-corrected chi connectivity index (χ3v) is 4.18. The second-order valence-electron chi connectivity index (χ2n) is 4.93. The van der Waals surface area contributed by atoms with Crippen LogP contribution >= 0.6 is 11.3 Å². The Hall–Kier alpha value is -1.13. The summed E-state index contributed by atoms with van der Waals surface area (Å²) in [7, 11) is 0. The van der Waals surface area contributed by atoms with Crippen LogP contribution in [0, 0.1) is 13.8 Å². The van der Waals surface area contributed by atoms with Gasteiger partial charge in [-0.25, -0.2) is 0 Å². The summed E-state index contributed by atoms with van der Waals surface area (Å²) in [6.07, 6.45) is 2.23. The molecule has 0 atom stereocenters. The Kier molecular flexibility index (Phi) is 5.16. The summed E-state index contributed by atoms with van der Waals surface area (Å²) >= 11 is 1.76. The Balaban J connectivity index is 1.99. The molecule has 0 aromatic carbocycles. The van der Waals surface area contributed by atoms with Crippen LogP contribution < -0.4 is 5.32 Å². The van der Waals surface area contributed by atoms with Crippen molar-refractivity contribution in [1.29, 1.82) is 0 Å². The van der Waals surface area contributed by atoms with E-state index >= 15 is 0 Å². The predicted octanol–water partition coefficient (Wildman–Crippen LogP) is 3.30. The summed E-state index contributed by atoms with van der Waals surface area (Å²) in [5.74, 6) is 0. The molecule has 0 aliphatic rings. The molecular formula is C15H23N3S. The van der Waals surface area contributed by atoms with Gasteiger partial charge in [0.25, 0.3) is 0 Å². The number of aryl methyl sites for hydroxylation is 3. The molecule has 1 N–H and O–H groups in total. The minimum atomic E-state index is 0.934. The first-order chi connectivity index (χ1) is 9.22. The van der Waals surface area contributed by atoms with Gasteiger partial charge in [-0.3, -0.25) is 4.68 Å². The molecule has 0 saturated carbocycles. The van der Waals surface area contributed by atoms with E-state index in [0.717, 1.165) is 31.7 Å². The van der Waals surface area contributed by atoms with Crippen molar-refractivity contribution in [2.45, 2.75) is 46.7 Å². The van der Waals surface area contributed by atoms with Crippen LogP contribution in [0.4, 0.5) is 0 Å². The van der Waals surface area contributed by atoms with Crippen molar-refractivity contribution >= 4 is 11.3 Å². The molecule has 2 heterocycles. The van der Waals surface area contributed by atoms with Crippen LogP contribution in [0.3, 0.4) is 0 Å². The number of nitrogens with one attached hydrogen (secondary N) is 1. The number of hydrogen-bond acceptors (Lipinski definition) is 3. The van der Waals surface area contributed by atoms with Gasteiger partial charge in [0.1, 0.15) is 0 Å². The van der Waals surface area contributed by atoms with Crippen molar-refractivity contribution in [2.24, 2.45) is 0 Å². The highest BCUT2D eigenvalue weighted by molar-refractivity contribution is 7.07. The van der Waals surface area contributed by atoms with Crippen molar-refractivity contribution in [3.05, 3.63) is 39.3 Å². The minimum Gasteiger partial charge on any atom is -0.313 e. The van der Waals surface area contributed by atoms with Gasteiger partial charge in [0.15, 0.2) is 0 Å². The van der Waals surface area contributed by atoms with E-state index in [9.17, 15) is 0 Å². The van der Waals surface area contributed by atoms with Gasteiger partial charge in [-0.05, 0) is 55.6 Å². The predicted molar refractivity (Wildman–Crippen MR) is 81.7 cm³/mol. The summed E-state index contributed by atoms with van der Waals surface area (Å²) in [4.78, 5) is 0. The van der Waals surface area contributed by atoms with E-state index in [-0.39, 0.29) is 0 Å². The maximum absolute atomic E-state index is 4.67.